The number of amides is 1. The van der Waals surface area contributed by atoms with Crippen molar-refractivity contribution in [2.24, 2.45) is 5.10 Å². The highest BCUT2D eigenvalue weighted by Crippen LogP contribution is 2.51. The summed E-state index contributed by atoms with van der Waals surface area (Å²) < 4.78 is 23.6. The summed E-state index contributed by atoms with van der Waals surface area (Å²) in [7, 11) is 3.07. The normalized spacial score (nSPS) is 12.5. The Balaban J connectivity index is 1.67. The number of benzene rings is 1. The van der Waals surface area contributed by atoms with Crippen LogP contribution in [0.3, 0.4) is 0 Å². The number of methoxy groups -OCH3 is 2. The van der Waals surface area contributed by atoms with Crippen molar-refractivity contribution in [1.29, 1.82) is 0 Å². The molecule has 0 saturated carbocycles. The first-order valence-corrected chi connectivity index (χ1v) is 10.3. The standard InChI is InChI=1S/C20H20N4O6S/c1-4-5-11-12(16(28-3)18-17(15(11)27-2)29-10-30-18)9-21-23-19(26)13-8-14(25)24-6-7-31-20(24)22-13/h6-9H,4-5,10H2,1-3H3,(H,23,26)/b21-9+. The number of carbonyl (C=O) groups excluding carboxylic acids is 1. The molecule has 10 nitrogen and oxygen atoms in total. The van der Waals surface area contributed by atoms with Gasteiger partial charge in [-0.05, 0) is 6.42 Å². The maximum absolute atomic E-state index is 12.5. The maximum atomic E-state index is 12.5. The molecule has 0 saturated heterocycles. The molecule has 2 aromatic heterocycles. The van der Waals surface area contributed by atoms with Gasteiger partial charge in [0.25, 0.3) is 11.5 Å². The van der Waals surface area contributed by atoms with Gasteiger partial charge in [0.15, 0.2) is 16.5 Å². The molecule has 1 aromatic carbocycles. The average molecular weight is 444 g/mol. The van der Waals surface area contributed by atoms with Crippen molar-refractivity contribution in [2.45, 2.75) is 19.8 Å². The Hall–Kier alpha value is -3.60. The van der Waals surface area contributed by atoms with Gasteiger partial charge in [0.2, 0.25) is 18.3 Å². The number of carbonyl (C=O) groups is 1. The molecule has 11 heteroatoms. The lowest BCUT2D eigenvalue weighted by atomic mass is 10.00. The van der Waals surface area contributed by atoms with E-state index in [4.69, 9.17) is 18.9 Å². The van der Waals surface area contributed by atoms with E-state index in [1.165, 1.54) is 29.1 Å². The minimum absolute atomic E-state index is 0.0198. The van der Waals surface area contributed by atoms with Crippen LogP contribution in [0.2, 0.25) is 0 Å². The third-order valence-electron chi connectivity index (χ3n) is 4.67. The second-order valence-corrected chi connectivity index (χ2v) is 7.38. The number of aromatic nitrogens is 2. The van der Waals surface area contributed by atoms with Crippen LogP contribution >= 0.6 is 11.3 Å². The zero-order chi connectivity index (χ0) is 22.0. The average Bonchev–Trinajstić information content (AvgIpc) is 3.43. The van der Waals surface area contributed by atoms with E-state index < -0.39 is 5.91 Å². The van der Waals surface area contributed by atoms with Crippen molar-refractivity contribution in [3.05, 3.63) is 44.8 Å². The van der Waals surface area contributed by atoms with Crippen LogP contribution in [0.4, 0.5) is 0 Å². The summed E-state index contributed by atoms with van der Waals surface area (Å²) in [5, 5.41) is 5.79. The van der Waals surface area contributed by atoms with Crippen LogP contribution in [0.15, 0.2) is 27.5 Å². The summed E-state index contributed by atoms with van der Waals surface area (Å²) in [6.45, 7) is 2.08. The molecule has 3 aromatic rings. The van der Waals surface area contributed by atoms with Crippen LogP contribution in [-0.2, 0) is 6.42 Å². The van der Waals surface area contributed by atoms with Crippen LogP contribution in [-0.4, -0.2) is 42.5 Å². The van der Waals surface area contributed by atoms with Crippen molar-refractivity contribution in [1.82, 2.24) is 14.8 Å². The molecule has 4 rings (SSSR count). The summed E-state index contributed by atoms with van der Waals surface area (Å²) in [6, 6.07) is 1.16. The van der Waals surface area contributed by atoms with Crippen LogP contribution in [0.1, 0.15) is 35.0 Å². The first kappa shape index (κ1) is 20.7. The lowest BCUT2D eigenvalue weighted by Crippen LogP contribution is -2.23. The molecule has 0 atom stereocenters. The molecular weight excluding hydrogens is 424 g/mol. The predicted octanol–water partition coefficient (Wildman–Crippen LogP) is 2.22. The molecule has 3 heterocycles. The highest BCUT2D eigenvalue weighted by molar-refractivity contribution is 7.15. The van der Waals surface area contributed by atoms with Gasteiger partial charge in [-0.1, -0.05) is 13.3 Å². The highest BCUT2D eigenvalue weighted by Gasteiger charge is 2.30. The minimum Gasteiger partial charge on any atom is -0.492 e. The van der Waals surface area contributed by atoms with E-state index in [1.807, 2.05) is 6.92 Å². The van der Waals surface area contributed by atoms with Gasteiger partial charge in [-0.2, -0.15) is 5.10 Å². The molecule has 0 unspecified atom stereocenters. The Bertz CT molecular complexity index is 1230. The molecule has 1 amide bonds. The van der Waals surface area contributed by atoms with Crippen molar-refractivity contribution in [3.8, 4) is 23.0 Å². The fourth-order valence-electron chi connectivity index (χ4n) is 3.36. The molecule has 1 aliphatic heterocycles. The van der Waals surface area contributed by atoms with Crippen molar-refractivity contribution in [2.75, 3.05) is 21.0 Å². The van der Waals surface area contributed by atoms with Gasteiger partial charge >= 0.3 is 0 Å². The Labute approximate surface area is 181 Å². The number of ether oxygens (including phenoxy) is 4. The molecule has 1 N–H and O–H groups in total. The lowest BCUT2D eigenvalue weighted by Gasteiger charge is -2.17. The van der Waals surface area contributed by atoms with Gasteiger partial charge in [0.1, 0.15) is 5.69 Å². The molecule has 31 heavy (non-hydrogen) atoms. The third kappa shape index (κ3) is 3.67. The highest BCUT2D eigenvalue weighted by atomic mass is 32.1. The number of nitrogens with zero attached hydrogens (tertiary/aromatic N) is 3. The van der Waals surface area contributed by atoms with Crippen LogP contribution in [0.5, 0.6) is 23.0 Å². The van der Waals surface area contributed by atoms with Crippen molar-refractivity contribution >= 4 is 28.4 Å². The van der Waals surface area contributed by atoms with E-state index in [9.17, 15) is 9.59 Å². The number of rotatable bonds is 7. The van der Waals surface area contributed by atoms with Gasteiger partial charge in [-0.3, -0.25) is 14.0 Å². The Morgan fingerprint density at radius 1 is 1.32 bits per heavy atom. The van der Waals surface area contributed by atoms with E-state index in [0.717, 1.165) is 18.1 Å². The number of hydrazone groups is 1. The van der Waals surface area contributed by atoms with Gasteiger partial charge in [-0.15, -0.1) is 11.3 Å². The fraction of sp³-hybridized carbons (Fsp3) is 0.300. The summed E-state index contributed by atoms with van der Waals surface area (Å²) >= 11 is 1.26. The molecular formula is C20H20N4O6S. The maximum Gasteiger partial charge on any atom is 0.290 e. The smallest absolute Gasteiger partial charge is 0.290 e. The number of hydrogen-bond acceptors (Lipinski definition) is 9. The van der Waals surface area contributed by atoms with Gasteiger partial charge in [-0.25, -0.2) is 10.4 Å². The van der Waals surface area contributed by atoms with E-state index in [1.54, 1.807) is 18.7 Å². The zero-order valence-electron chi connectivity index (χ0n) is 17.1. The summed E-state index contributed by atoms with van der Waals surface area (Å²) in [4.78, 5) is 29.2. The van der Waals surface area contributed by atoms with Crippen LogP contribution in [0, 0.1) is 0 Å². The Morgan fingerprint density at radius 3 is 2.77 bits per heavy atom. The number of fused-ring (bicyclic) bond motifs is 2. The summed E-state index contributed by atoms with van der Waals surface area (Å²) in [5.74, 6) is 1.28. The molecule has 0 spiro atoms. The third-order valence-corrected chi connectivity index (χ3v) is 5.43. The lowest BCUT2D eigenvalue weighted by molar-refractivity contribution is 0.0950. The first-order valence-electron chi connectivity index (χ1n) is 9.45. The van der Waals surface area contributed by atoms with Crippen molar-refractivity contribution in [3.63, 3.8) is 0 Å². The SMILES string of the molecule is CCCc1c(/C=N/NC(=O)c2cc(=O)n3ccsc3n2)c(OC)c2c(c1OC)OCO2. The summed E-state index contributed by atoms with van der Waals surface area (Å²) in [6.07, 6.45) is 4.56. The zero-order valence-corrected chi connectivity index (χ0v) is 17.9. The molecule has 0 bridgehead atoms. The molecule has 162 valence electrons. The van der Waals surface area contributed by atoms with Gasteiger partial charge in [0.05, 0.1) is 20.4 Å². The van der Waals surface area contributed by atoms with Crippen molar-refractivity contribution < 1.29 is 23.7 Å². The number of thiazole rings is 1. The second-order valence-electron chi connectivity index (χ2n) is 6.51. The monoisotopic (exact) mass is 444 g/mol. The fourth-order valence-corrected chi connectivity index (χ4v) is 4.08. The molecule has 0 fully saturated rings. The molecule has 0 aliphatic carbocycles. The van der Waals surface area contributed by atoms with Crippen LogP contribution in [0.25, 0.3) is 4.96 Å². The van der Waals surface area contributed by atoms with Gasteiger partial charge < -0.3 is 18.9 Å². The van der Waals surface area contributed by atoms with E-state index in [2.05, 4.69) is 15.5 Å². The van der Waals surface area contributed by atoms with E-state index >= 15 is 0 Å². The quantitative estimate of drug-likeness (QED) is 0.439. The Morgan fingerprint density at radius 2 is 2.06 bits per heavy atom. The van der Waals surface area contributed by atoms with Crippen LogP contribution < -0.4 is 29.9 Å². The minimum atomic E-state index is -0.604. The van der Waals surface area contributed by atoms with E-state index in [-0.39, 0.29) is 18.0 Å². The largest absolute Gasteiger partial charge is 0.492 e. The number of hydrogen-bond donors (Lipinski definition) is 1. The molecule has 1 aliphatic rings. The van der Waals surface area contributed by atoms with E-state index in [0.29, 0.717) is 39.9 Å². The predicted molar refractivity (Wildman–Crippen MR) is 114 cm³/mol. The topological polar surface area (TPSA) is 113 Å². The molecule has 0 radical (unpaired) electrons. The first-order chi connectivity index (χ1) is 15.1. The Kier molecular flexibility index (Phi) is 5.76. The second kappa shape index (κ2) is 8.64. The van der Waals surface area contributed by atoms with Gasteiger partial charge in [0, 0.05) is 28.8 Å². The summed E-state index contributed by atoms with van der Waals surface area (Å²) in [5.41, 5.74) is 3.48. The number of nitrogens with one attached hydrogen (secondary N) is 1.